The summed E-state index contributed by atoms with van der Waals surface area (Å²) in [6, 6.07) is 11.1. The van der Waals surface area contributed by atoms with E-state index in [4.69, 9.17) is 4.74 Å². The predicted octanol–water partition coefficient (Wildman–Crippen LogP) is 1.56. The van der Waals surface area contributed by atoms with Crippen molar-refractivity contribution in [3.63, 3.8) is 0 Å². The molecular formula is C17H16N4O5S. The Hall–Kier alpha value is -3.40. The van der Waals surface area contributed by atoms with Gasteiger partial charge in [0.2, 0.25) is 10.0 Å². The number of amides is 1. The molecule has 10 heteroatoms. The zero-order chi connectivity index (χ0) is 19.6. The number of hydrogen-bond donors (Lipinski definition) is 3. The molecule has 0 aliphatic carbocycles. The van der Waals surface area contributed by atoms with Crippen LogP contribution in [0.25, 0.3) is 10.8 Å². The number of aromatic nitrogens is 2. The first-order valence-electron chi connectivity index (χ1n) is 7.73. The molecule has 9 nitrogen and oxygen atoms in total. The van der Waals surface area contributed by atoms with Crippen LogP contribution in [0, 0.1) is 0 Å². The summed E-state index contributed by atoms with van der Waals surface area (Å²) in [7, 11) is -2.10. The minimum Gasteiger partial charge on any atom is -0.494 e. The van der Waals surface area contributed by atoms with Crippen molar-refractivity contribution in [3.05, 3.63) is 58.5 Å². The summed E-state index contributed by atoms with van der Waals surface area (Å²) in [5, 5.41) is 9.56. The lowest BCUT2D eigenvalue weighted by Crippen LogP contribution is -2.19. The second-order valence-electron chi connectivity index (χ2n) is 5.69. The second-order valence-corrected chi connectivity index (χ2v) is 7.44. The van der Waals surface area contributed by atoms with Crippen LogP contribution in [0.1, 0.15) is 10.5 Å². The maximum absolute atomic E-state index is 12.6. The molecule has 1 heterocycles. The van der Waals surface area contributed by atoms with Crippen LogP contribution in [0.3, 0.4) is 0 Å². The molecule has 1 aromatic heterocycles. The van der Waals surface area contributed by atoms with Crippen molar-refractivity contribution in [3.8, 4) is 5.75 Å². The third-order valence-electron chi connectivity index (χ3n) is 3.67. The molecule has 0 spiro atoms. The molecule has 2 aromatic carbocycles. The lowest BCUT2D eigenvalue weighted by Gasteiger charge is -2.12. The van der Waals surface area contributed by atoms with E-state index in [0.717, 1.165) is 6.26 Å². The topological polar surface area (TPSA) is 130 Å². The Morgan fingerprint density at radius 3 is 2.52 bits per heavy atom. The molecule has 0 saturated heterocycles. The Morgan fingerprint density at radius 2 is 1.85 bits per heavy atom. The van der Waals surface area contributed by atoms with Crippen molar-refractivity contribution < 1.29 is 17.9 Å². The minimum atomic E-state index is -3.48. The fourth-order valence-electron chi connectivity index (χ4n) is 2.53. The van der Waals surface area contributed by atoms with Crippen LogP contribution in [-0.2, 0) is 10.0 Å². The Kier molecular flexibility index (Phi) is 4.82. The SMILES string of the molecule is COc1cc(NC(=O)c2n[nH]c(=O)c3ccccc23)ccc1NS(C)(=O)=O. The van der Waals surface area contributed by atoms with Gasteiger partial charge in [-0.2, -0.15) is 5.10 Å². The third kappa shape index (κ3) is 4.06. The van der Waals surface area contributed by atoms with Gasteiger partial charge < -0.3 is 10.1 Å². The van der Waals surface area contributed by atoms with Crippen molar-refractivity contribution in [1.82, 2.24) is 10.2 Å². The number of fused-ring (bicyclic) bond motifs is 1. The highest BCUT2D eigenvalue weighted by Crippen LogP contribution is 2.29. The molecule has 0 bridgehead atoms. The third-order valence-corrected chi connectivity index (χ3v) is 4.26. The van der Waals surface area contributed by atoms with Crippen molar-refractivity contribution in [1.29, 1.82) is 0 Å². The number of nitrogens with zero attached hydrogens (tertiary/aromatic N) is 1. The van der Waals surface area contributed by atoms with Gasteiger partial charge in [0, 0.05) is 17.1 Å². The number of H-pyrrole nitrogens is 1. The molecule has 0 atom stereocenters. The number of benzene rings is 2. The number of rotatable bonds is 5. The average Bonchev–Trinajstić information content (AvgIpc) is 2.62. The zero-order valence-electron chi connectivity index (χ0n) is 14.4. The van der Waals surface area contributed by atoms with Gasteiger partial charge in [0.25, 0.3) is 11.5 Å². The highest BCUT2D eigenvalue weighted by Gasteiger charge is 2.15. The van der Waals surface area contributed by atoms with E-state index in [9.17, 15) is 18.0 Å². The van der Waals surface area contributed by atoms with Crippen LogP contribution in [-0.4, -0.2) is 37.9 Å². The quantitative estimate of drug-likeness (QED) is 0.608. The fourth-order valence-corrected chi connectivity index (χ4v) is 3.10. The summed E-state index contributed by atoms with van der Waals surface area (Å²) >= 11 is 0. The molecular weight excluding hydrogens is 372 g/mol. The first-order chi connectivity index (χ1) is 12.8. The van der Waals surface area contributed by atoms with Crippen molar-refractivity contribution >= 4 is 38.1 Å². The normalized spacial score (nSPS) is 11.2. The molecule has 0 aliphatic heterocycles. The number of methoxy groups -OCH3 is 1. The van der Waals surface area contributed by atoms with E-state index in [1.54, 1.807) is 24.3 Å². The number of ether oxygens (including phenoxy) is 1. The fraction of sp³-hybridized carbons (Fsp3) is 0.118. The van der Waals surface area contributed by atoms with Crippen LogP contribution in [0.4, 0.5) is 11.4 Å². The van der Waals surface area contributed by atoms with Crippen LogP contribution in [0.5, 0.6) is 5.75 Å². The standard InChI is InChI=1S/C17H16N4O5S/c1-26-14-9-10(7-8-13(14)21-27(2,24)25)18-17(23)15-11-5-3-4-6-12(11)16(22)20-19-15/h3-9,21H,1-2H3,(H,18,23)(H,20,22). The average molecular weight is 388 g/mol. The number of carbonyl (C=O) groups is 1. The van der Waals surface area contributed by atoms with Gasteiger partial charge in [-0.3, -0.25) is 14.3 Å². The molecule has 1 amide bonds. The van der Waals surface area contributed by atoms with E-state index >= 15 is 0 Å². The lowest BCUT2D eigenvalue weighted by molar-refractivity contribution is 0.102. The van der Waals surface area contributed by atoms with Crippen molar-refractivity contribution in [2.45, 2.75) is 0 Å². The van der Waals surface area contributed by atoms with E-state index < -0.39 is 15.9 Å². The van der Waals surface area contributed by atoms with E-state index in [-0.39, 0.29) is 22.7 Å². The van der Waals surface area contributed by atoms with Gasteiger partial charge in [-0.05, 0) is 18.2 Å². The van der Waals surface area contributed by atoms with Gasteiger partial charge >= 0.3 is 0 Å². The Labute approximate surface area is 154 Å². The summed E-state index contributed by atoms with van der Waals surface area (Å²) in [6.45, 7) is 0. The van der Waals surface area contributed by atoms with Gasteiger partial charge in [-0.25, -0.2) is 13.5 Å². The van der Waals surface area contributed by atoms with E-state index in [1.807, 2.05) is 0 Å². The summed E-state index contributed by atoms with van der Waals surface area (Å²) < 4.78 is 30.3. The van der Waals surface area contributed by atoms with Crippen LogP contribution >= 0.6 is 0 Å². The van der Waals surface area contributed by atoms with Gasteiger partial charge in [0.15, 0.2) is 5.69 Å². The number of nitrogens with one attached hydrogen (secondary N) is 3. The molecule has 0 fully saturated rings. The number of anilines is 2. The Bertz CT molecular complexity index is 1190. The highest BCUT2D eigenvalue weighted by molar-refractivity contribution is 7.92. The van der Waals surface area contributed by atoms with Crippen molar-refractivity contribution in [2.75, 3.05) is 23.4 Å². The predicted molar refractivity (Wildman–Crippen MR) is 102 cm³/mol. The van der Waals surface area contributed by atoms with Crippen LogP contribution in [0.2, 0.25) is 0 Å². The van der Waals surface area contributed by atoms with E-state index in [1.165, 1.54) is 25.3 Å². The molecule has 3 rings (SSSR count). The number of carbonyl (C=O) groups excluding carboxylic acids is 1. The number of sulfonamides is 1. The smallest absolute Gasteiger partial charge is 0.276 e. The molecule has 3 N–H and O–H groups in total. The lowest BCUT2D eigenvalue weighted by atomic mass is 10.1. The molecule has 27 heavy (non-hydrogen) atoms. The Balaban J connectivity index is 1.93. The van der Waals surface area contributed by atoms with Gasteiger partial charge in [0.05, 0.1) is 24.4 Å². The summed E-state index contributed by atoms with van der Waals surface area (Å²) in [6.07, 6.45) is 1.02. The summed E-state index contributed by atoms with van der Waals surface area (Å²) in [5.41, 5.74) is 0.279. The molecule has 3 aromatic rings. The van der Waals surface area contributed by atoms with Crippen molar-refractivity contribution in [2.24, 2.45) is 0 Å². The van der Waals surface area contributed by atoms with Crippen LogP contribution < -0.4 is 20.3 Å². The van der Waals surface area contributed by atoms with Gasteiger partial charge in [-0.15, -0.1) is 0 Å². The molecule has 0 radical (unpaired) electrons. The van der Waals surface area contributed by atoms with E-state index in [0.29, 0.717) is 16.5 Å². The van der Waals surface area contributed by atoms with Gasteiger partial charge in [-0.1, -0.05) is 18.2 Å². The molecule has 0 aliphatic rings. The summed E-state index contributed by atoms with van der Waals surface area (Å²) in [4.78, 5) is 24.4. The van der Waals surface area contributed by atoms with Crippen LogP contribution in [0.15, 0.2) is 47.3 Å². The zero-order valence-corrected chi connectivity index (χ0v) is 15.3. The number of hydrogen-bond acceptors (Lipinski definition) is 6. The second kappa shape index (κ2) is 7.08. The maximum Gasteiger partial charge on any atom is 0.276 e. The molecule has 0 unspecified atom stereocenters. The van der Waals surface area contributed by atoms with Gasteiger partial charge in [0.1, 0.15) is 5.75 Å². The molecule has 0 saturated carbocycles. The monoisotopic (exact) mass is 388 g/mol. The highest BCUT2D eigenvalue weighted by atomic mass is 32.2. The molecule has 140 valence electrons. The Morgan fingerprint density at radius 1 is 1.15 bits per heavy atom. The number of aromatic amines is 1. The van der Waals surface area contributed by atoms with E-state index in [2.05, 4.69) is 20.2 Å². The largest absolute Gasteiger partial charge is 0.494 e. The first-order valence-corrected chi connectivity index (χ1v) is 9.62. The minimum absolute atomic E-state index is 0.0579. The maximum atomic E-state index is 12.6. The first kappa shape index (κ1) is 18.4. The summed E-state index contributed by atoms with van der Waals surface area (Å²) in [5.74, 6) is -0.300.